The average Bonchev–Trinajstić information content (AvgIpc) is 3.25. The van der Waals surface area contributed by atoms with E-state index < -0.39 is 18.5 Å². The van der Waals surface area contributed by atoms with Gasteiger partial charge in [0.2, 0.25) is 11.9 Å². The maximum absolute atomic E-state index is 12.5. The minimum atomic E-state index is -4.48. The Labute approximate surface area is 210 Å². The number of imidazole rings is 1. The quantitative estimate of drug-likeness (QED) is 0.360. The second-order valence-corrected chi connectivity index (χ2v) is 8.91. The van der Waals surface area contributed by atoms with Gasteiger partial charge in [0.25, 0.3) is 0 Å². The normalized spacial score (nSPS) is 14.7. The average molecular weight is 511 g/mol. The number of alkyl halides is 3. The standard InChI is InChI=1S/C25H25F3N8O/c26-25(27,28)14-23(37)36-9-7-35(8-10-36)15-16-3-5-31-22(11-16)34-24-32-19-2-1-17(12-20(19)33-24)18-4-6-30-21(29)13-18/h1-6,11-13H,7-10,14-15H2,(H2,29,30)(H2,31,32,33,34). The van der Waals surface area contributed by atoms with E-state index in [1.54, 1.807) is 12.4 Å². The molecule has 0 spiro atoms. The van der Waals surface area contributed by atoms with Gasteiger partial charge in [-0.05, 0) is 53.1 Å². The summed E-state index contributed by atoms with van der Waals surface area (Å²) in [6.07, 6.45) is -2.53. The molecule has 4 N–H and O–H groups in total. The second-order valence-electron chi connectivity index (χ2n) is 8.91. The highest BCUT2D eigenvalue weighted by molar-refractivity contribution is 5.84. The topological polar surface area (TPSA) is 116 Å². The highest BCUT2D eigenvalue weighted by atomic mass is 19.4. The molecule has 1 amide bonds. The van der Waals surface area contributed by atoms with E-state index in [-0.39, 0.29) is 13.1 Å². The molecule has 1 aliphatic rings. The summed E-state index contributed by atoms with van der Waals surface area (Å²) in [5.41, 5.74) is 10.4. The van der Waals surface area contributed by atoms with Crippen molar-refractivity contribution in [3.8, 4) is 11.1 Å². The smallest absolute Gasteiger partial charge is 0.384 e. The molecular formula is C25H25F3N8O. The number of fused-ring (bicyclic) bond motifs is 1. The van der Waals surface area contributed by atoms with Crippen molar-refractivity contribution in [2.45, 2.75) is 19.1 Å². The van der Waals surface area contributed by atoms with Crippen LogP contribution in [0.15, 0.2) is 54.9 Å². The maximum atomic E-state index is 12.5. The molecule has 9 nitrogen and oxygen atoms in total. The number of anilines is 3. The number of aromatic nitrogens is 4. The van der Waals surface area contributed by atoms with Crippen LogP contribution in [0.4, 0.5) is 30.8 Å². The Bertz CT molecular complexity index is 1410. The Balaban J connectivity index is 1.21. The number of halogens is 3. The molecule has 1 aliphatic heterocycles. The first-order chi connectivity index (χ1) is 17.7. The van der Waals surface area contributed by atoms with Crippen LogP contribution >= 0.6 is 0 Å². The fourth-order valence-corrected chi connectivity index (χ4v) is 4.34. The van der Waals surface area contributed by atoms with Crippen LogP contribution in [0.1, 0.15) is 12.0 Å². The Kier molecular flexibility index (Phi) is 6.66. The molecular weight excluding hydrogens is 485 g/mol. The first-order valence-electron chi connectivity index (χ1n) is 11.7. The predicted octanol–water partition coefficient (Wildman–Crippen LogP) is 3.94. The highest BCUT2D eigenvalue weighted by Crippen LogP contribution is 2.26. The van der Waals surface area contributed by atoms with E-state index in [0.29, 0.717) is 37.2 Å². The molecule has 0 bridgehead atoms. The molecule has 4 aromatic rings. The first kappa shape index (κ1) is 24.5. The van der Waals surface area contributed by atoms with E-state index in [0.717, 1.165) is 27.7 Å². The zero-order valence-corrected chi connectivity index (χ0v) is 19.8. The molecule has 192 valence electrons. The Morgan fingerprint density at radius 3 is 2.51 bits per heavy atom. The number of hydrogen-bond acceptors (Lipinski definition) is 7. The molecule has 12 heteroatoms. The number of piperazine rings is 1. The van der Waals surface area contributed by atoms with Crippen LogP contribution < -0.4 is 11.1 Å². The SMILES string of the molecule is Nc1cc(-c2ccc3nc(Nc4cc(CN5CCN(C(=O)CC(F)(F)F)CC5)ccn4)[nH]c3c2)ccn1. The van der Waals surface area contributed by atoms with Crippen LogP contribution in [0.25, 0.3) is 22.2 Å². The van der Waals surface area contributed by atoms with E-state index >= 15 is 0 Å². The molecule has 0 aliphatic carbocycles. The van der Waals surface area contributed by atoms with Crippen molar-refractivity contribution in [2.75, 3.05) is 37.2 Å². The van der Waals surface area contributed by atoms with Crippen LogP contribution in [0.5, 0.6) is 0 Å². The maximum Gasteiger partial charge on any atom is 0.397 e. The number of nitrogens with zero attached hydrogens (tertiary/aromatic N) is 5. The Morgan fingerprint density at radius 1 is 1.00 bits per heavy atom. The lowest BCUT2D eigenvalue weighted by molar-refractivity contribution is -0.162. The molecule has 0 atom stereocenters. The van der Waals surface area contributed by atoms with Gasteiger partial charge in [-0.2, -0.15) is 13.2 Å². The van der Waals surface area contributed by atoms with Crippen LogP contribution in [-0.4, -0.2) is 68.0 Å². The molecule has 1 saturated heterocycles. The van der Waals surface area contributed by atoms with Crippen molar-refractivity contribution in [1.82, 2.24) is 29.7 Å². The summed E-state index contributed by atoms with van der Waals surface area (Å²) in [4.78, 5) is 31.5. The first-order valence-corrected chi connectivity index (χ1v) is 11.7. The number of pyridine rings is 2. The summed E-state index contributed by atoms with van der Waals surface area (Å²) in [5.74, 6) is 0.735. The lowest BCUT2D eigenvalue weighted by atomic mass is 10.1. The van der Waals surface area contributed by atoms with Crippen LogP contribution in [-0.2, 0) is 11.3 Å². The molecule has 0 unspecified atom stereocenters. The largest absolute Gasteiger partial charge is 0.397 e. The molecule has 4 heterocycles. The molecule has 1 aromatic carbocycles. The minimum absolute atomic E-state index is 0.276. The zero-order chi connectivity index (χ0) is 26.0. The third kappa shape index (κ3) is 6.15. The van der Waals surface area contributed by atoms with E-state index in [1.807, 2.05) is 42.5 Å². The number of hydrogen-bond donors (Lipinski definition) is 3. The fourth-order valence-electron chi connectivity index (χ4n) is 4.34. The number of nitrogens with two attached hydrogens (primary N) is 1. The van der Waals surface area contributed by atoms with Crippen molar-refractivity contribution in [1.29, 1.82) is 0 Å². The number of amides is 1. The van der Waals surface area contributed by atoms with Gasteiger partial charge in [-0.25, -0.2) is 15.0 Å². The van der Waals surface area contributed by atoms with Gasteiger partial charge < -0.3 is 20.9 Å². The van der Waals surface area contributed by atoms with E-state index in [4.69, 9.17) is 5.73 Å². The number of nitrogen functional groups attached to an aromatic ring is 1. The summed E-state index contributed by atoms with van der Waals surface area (Å²) < 4.78 is 37.5. The molecule has 1 fully saturated rings. The molecule has 0 radical (unpaired) electrons. The van der Waals surface area contributed by atoms with Gasteiger partial charge in [-0.15, -0.1) is 0 Å². The number of nitrogens with one attached hydrogen (secondary N) is 2. The number of benzene rings is 1. The van der Waals surface area contributed by atoms with Crippen molar-refractivity contribution in [3.05, 3.63) is 60.4 Å². The van der Waals surface area contributed by atoms with Crippen molar-refractivity contribution < 1.29 is 18.0 Å². The fraction of sp³-hybridized carbons (Fsp3) is 0.280. The van der Waals surface area contributed by atoms with Crippen LogP contribution in [0.2, 0.25) is 0 Å². The van der Waals surface area contributed by atoms with Crippen molar-refractivity contribution >= 4 is 34.5 Å². The van der Waals surface area contributed by atoms with Gasteiger partial charge in [-0.3, -0.25) is 9.69 Å². The third-order valence-corrected chi connectivity index (χ3v) is 6.15. The summed E-state index contributed by atoms with van der Waals surface area (Å²) in [6.45, 7) is 2.15. The van der Waals surface area contributed by atoms with E-state index in [9.17, 15) is 18.0 Å². The van der Waals surface area contributed by atoms with Crippen LogP contribution in [0.3, 0.4) is 0 Å². The highest BCUT2D eigenvalue weighted by Gasteiger charge is 2.34. The van der Waals surface area contributed by atoms with Gasteiger partial charge >= 0.3 is 6.18 Å². The summed E-state index contributed by atoms with van der Waals surface area (Å²) >= 11 is 0. The lowest BCUT2D eigenvalue weighted by Crippen LogP contribution is -2.49. The van der Waals surface area contributed by atoms with Gasteiger partial charge in [0.1, 0.15) is 18.1 Å². The number of rotatable bonds is 6. The number of aromatic amines is 1. The minimum Gasteiger partial charge on any atom is -0.384 e. The zero-order valence-electron chi connectivity index (χ0n) is 19.8. The monoisotopic (exact) mass is 510 g/mol. The number of carbonyl (C=O) groups excluding carboxylic acids is 1. The Morgan fingerprint density at radius 2 is 1.76 bits per heavy atom. The lowest BCUT2D eigenvalue weighted by Gasteiger charge is -2.35. The van der Waals surface area contributed by atoms with Gasteiger partial charge in [0.05, 0.1) is 11.0 Å². The van der Waals surface area contributed by atoms with E-state index in [1.165, 1.54) is 4.90 Å². The Hall–Kier alpha value is -4.19. The molecule has 37 heavy (non-hydrogen) atoms. The van der Waals surface area contributed by atoms with Gasteiger partial charge in [0, 0.05) is 45.1 Å². The predicted molar refractivity (Wildman–Crippen MR) is 134 cm³/mol. The molecule has 0 saturated carbocycles. The van der Waals surface area contributed by atoms with Crippen LogP contribution in [0, 0.1) is 0 Å². The number of H-pyrrole nitrogens is 1. The second kappa shape index (κ2) is 10.1. The van der Waals surface area contributed by atoms with Gasteiger partial charge in [-0.1, -0.05) is 6.07 Å². The third-order valence-electron chi connectivity index (χ3n) is 6.15. The molecule has 5 rings (SSSR count). The summed E-state index contributed by atoms with van der Waals surface area (Å²) in [5, 5.41) is 3.20. The molecule has 3 aromatic heterocycles. The summed E-state index contributed by atoms with van der Waals surface area (Å²) in [6, 6.07) is 13.4. The van der Waals surface area contributed by atoms with E-state index in [2.05, 4.69) is 30.2 Å². The van der Waals surface area contributed by atoms with Crippen molar-refractivity contribution in [2.24, 2.45) is 0 Å². The number of carbonyl (C=O) groups is 1. The van der Waals surface area contributed by atoms with Crippen molar-refractivity contribution in [3.63, 3.8) is 0 Å². The van der Waals surface area contributed by atoms with Gasteiger partial charge in [0.15, 0.2) is 0 Å². The summed E-state index contributed by atoms with van der Waals surface area (Å²) in [7, 11) is 0.